The largest absolute Gasteiger partial charge is 0.271 e. The van der Waals surface area contributed by atoms with E-state index in [9.17, 15) is 0 Å². The quantitative estimate of drug-likeness (QED) is 0.335. The molecule has 0 aliphatic carbocycles. The van der Waals surface area contributed by atoms with Gasteiger partial charge >= 0.3 is 0 Å². The Kier molecular flexibility index (Phi) is 6.82. The number of hydrogen-bond acceptors (Lipinski definition) is 0. The van der Waals surface area contributed by atoms with E-state index in [1.165, 1.54) is 25.8 Å². The summed E-state index contributed by atoms with van der Waals surface area (Å²) in [5.41, 5.74) is 0. The summed E-state index contributed by atoms with van der Waals surface area (Å²) >= 11 is 0. The lowest BCUT2D eigenvalue weighted by Gasteiger charge is -2.07. The van der Waals surface area contributed by atoms with E-state index in [4.69, 9.17) is 0 Å². The van der Waals surface area contributed by atoms with Crippen LogP contribution >= 0.6 is 0 Å². The van der Waals surface area contributed by atoms with Gasteiger partial charge in [0.1, 0.15) is 0 Å². The average Bonchev–Trinajstić information content (AvgIpc) is 2.01. The molecule has 0 bridgehead atoms. The molecule has 0 radical (unpaired) electrons. The Hall–Kier alpha value is -0.530. The Morgan fingerprint density at radius 1 is 1.25 bits per heavy atom. The Balaban J connectivity index is 3.63. The SMILES string of the molecule is CCCCN(C)C=[N+](C)CCC. The molecule has 72 valence electrons. The summed E-state index contributed by atoms with van der Waals surface area (Å²) < 4.78 is 2.25. The molecule has 12 heavy (non-hydrogen) atoms. The lowest BCUT2D eigenvalue weighted by molar-refractivity contribution is -0.497. The molecule has 0 aromatic rings. The maximum Gasteiger partial charge on any atom is 0.233 e. The molecule has 0 aliphatic rings. The number of nitrogens with zero attached hydrogens (tertiary/aromatic N) is 2. The average molecular weight is 171 g/mol. The van der Waals surface area contributed by atoms with Gasteiger partial charge in [-0.1, -0.05) is 20.3 Å². The van der Waals surface area contributed by atoms with Gasteiger partial charge in [-0.15, -0.1) is 0 Å². The molecule has 0 N–H and O–H groups in total. The molecule has 0 aromatic carbocycles. The van der Waals surface area contributed by atoms with E-state index < -0.39 is 0 Å². The zero-order valence-corrected chi connectivity index (χ0v) is 9.01. The van der Waals surface area contributed by atoms with Crippen LogP contribution in [0.3, 0.4) is 0 Å². The fourth-order valence-corrected chi connectivity index (χ4v) is 1.21. The van der Waals surface area contributed by atoms with Crippen LogP contribution in [0.4, 0.5) is 0 Å². The van der Waals surface area contributed by atoms with Crippen LogP contribution < -0.4 is 0 Å². The summed E-state index contributed by atoms with van der Waals surface area (Å²) in [6.07, 6.45) is 5.97. The zero-order valence-electron chi connectivity index (χ0n) is 9.01. The molecule has 0 amide bonds. The second-order valence-electron chi connectivity index (χ2n) is 3.43. The van der Waals surface area contributed by atoms with Crippen molar-refractivity contribution in [3.05, 3.63) is 0 Å². The van der Waals surface area contributed by atoms with Crippen LogP contribution in [0.2, 0.25) is 0 Å². The summed E-state index contributed by atoms with van der Waals surface area (Å²) in [6.45, 7) is 6.75. The molecular weight excluding hydrogens is 148 g/mol. The van der Waals surface area contributed by atoms with E-state index in [0.717, 1.165) is 6.54 Å². The van der Waals surface area contributed by atoms with Crippen LogP contribution in [-0.4, -0.2) is 43.0 Å². The molecular formula is C10H23N2+. The maximum atomic E-state index is 2.26. The highest BCUT2D eigenvalue weighted by atomic mass is 15.2. The van der Waals surface area contributed by atoms with Gasteiger partial charge in [0.2, 0.25) is 6.34 Å². The predicted octanol–water partition coefficient (Wildman–Crippen LogP) is 1.80. The molecule has 2 heteroatoms. The van der Waals surface area contributed by atoms with E-state index in [-0.39, 0.29) is 0 Å². The first-order valence-corrected chi connectivity index (χ1v) is 4.96. The van der Waals surface area contributed by atoms with Crippen LogP contribution in [0.15, 0.2) is 0 Å². The minimum atomic E-state index is 1.15. The molecule has 0 aromatic heterocycles. The fourth-order valence-electron chi connectivity index (χ4n) is 1.21. The van der Waals surface area contributed by atoms with Crippen LogP contribution in [0.25, 0.3) is 0 Å². The van der Waals surface area contributed by atoms with Gasteiger partial charge < -0.3 is 0 Å². The van der Waals surface area contributed by atoms with E-state index in [0.29, 0.717) is 0 Å². The zero-order chi connectivity index (χ0) is 9.40. The summed E-state index contributed by atoms with van der Waals surface area (Å²) in [5.74, 6) is 0. The summed E-state index contributed by atoms with van der Waals surface area (Å²) in [7, 11) is 4.27. The van der Waals surface area contributed by atoms with Gasteiger partial charge in [0, 0.05) is 0 Å². The number of rotatable bonds is 6. The molecule has 0 unspecified atom stereocenters. The first kappa shape index (κ1) is 11.5. The third-order valence-electron chi connectivity index (χ3n) is 1.83. The fraction of sp³-hybridized carbons (Fsp3) is 0.900. The third kappa shape index (κ3) is 6.20. The smallest absolute Gasteiger partial charge is 0.233 e. The Morgan fingerprint density at radius 2 is 1.92 bits per heavy atom. The molecule has 0 rings (SSSR count). The maximum absolute atomic E-state index is 2.26. The predicted molar refractivity (Wildman–Crippen MR) is 54.9 cm³/mol. The standard InChI is InChI=1S/C10H23N2/c1-5-7-9-12(4)10-11(3)8-6-2/h10H,5-9H2,1-4H3/q+1. The van der Waals surface area contributed by atoms with Crippen molar-refractivity contribution in [3.8, 4) is 0 Å². The lowest BCUT2D eigenvalue weighted by Crippen LogP contribution is -2.24. The second kappa shape index (κ2) is 7.14. The van der Waals surface area contributed by atoms with E-state index in [2.05, 4.69) is 43.8 Å². The van der Waals surface area contributed by atoms with E-state index >= 15 is 0 Å². The topological polar surface area (TPSA) is 6.25 Å². The van der Waals surface area contributed by atoms with Crippen molar-refractivity contribution in [1.29, 1.82) is 0 Å². The third-order valence-corrected chi connectivity index (χ3v) is 1.83. The minimum absolute atomic E-state index is 1.15. The van der Waals surface area contributed by atoms with Crippen LogP contribution in [0.5, 0.6) is 0 Å². The van der Waals surface area contributed by atoms with Gasteiger partial charge in [-0.3, -0.25) is 9.48 Å². The molecule has 0 saturated carbocycles. The molecule has 0 spiro atoms. The highest BCUT2D eigenvalue weighted by Gasteiger charge is 1.98. The van der Waals surface area contributed by atoms with Crippen molar-refractivity contribution >= 4 is 6.34 Å². The van der Waals surface area contributed by atoms with Crippen molar-refractivity contribution in [3.63, 3.8) is 0 Å². The Bertz CT molecular complexity index is 130. The van der Waals surface area contributed by atoms with Crippen LogP contribution in [-0.2, 0) is 0 Å². The van der Waals surface area contributed by atoms with Gasteiger partial charge in [0.15, 0.2) is 0 Å². The van der Waals surface area contributed by atoms with Gasteiger partial charge in [-0.05, 0) is 12.8 Å². The lowest BCUT2D eigenvalue weighted by atomic mass is 10.3. The van der Waals surface area contributed by atoms with E-state index in [1.54, 1.807) is 0 Å². The summed E-state index contributed by atoms with van der Waals surface area (Å²) in [5, 5.41) is 0. The molecule has 0 aliphatic heterocycles. The first-order valence-electron chi connectivity index (χ1n) is 4.96. The number of hydrogen-bond donors (Lipinski definition) is 0. The van der Waals surface area contributed by atoms with Gasteiger partial charge in [-0.2, -0.15) is 0 Å². The summed E-state index contributed by atoms with van der Waals surface area (Å²) in [4.78, 5) is 2.26. The van der Waals surface area contributed by atoms with Crippen LogP contribution in [0, 0.1) is 0 Å². The Morgan fingerprint density at radius 3 is 2.42 bits per heavy atom. The van der Waals surface area contributed by atoms with E-state index in [1.807, 2.05) is 0 Å². The molecule has 0 heterocycles. The first-order chi connectivity index (χ1) is 5.70. The van der Waals surface area contributed by atoms with Gasteiger partial charge in [0.05, 0.1) is 27.2 Å². The molecule has 0 saturated heterocycles. The molecule has 0 atom stereocenters. The van der Waals surface area contributed by atoms with Crippen LogP contribution in [0.1, 0.15) is 33.1 Å². The Labute approximate surface area is 76.9 Å². The normalized spacial score (nSPS) is 11.8. The molecule has 2 nitrogen and oxygen atoms in total. The van der Waals surface area contributed by atoms with Crippen molar-refractivity contribution in [1.82, 2.24) is 4.90 Å². The van der Waals surface area contributed by atoms with Gasteiger partial charge in [-0.25, -0.2) is 0 Å². The highest BCUT2D eigenvalue weighted by Crippen LogP contribution is 1.88. The van der Waals surface area contributed by atoms with Crippen molar-refractivity contribution in [2.24, 2.45) is 0 Å². The summed E-state index contributed by atoms with van der Waals surface area (Å²) in [6, 6.07) is 0. The van der Waals surface area contributed by atoms with Crippen molar-refractivity contribution in [2.75, 3.05) is 27.2 Å². The van der Waals surface area contributed by atoms with Gasteiger partial charge in [0.25, 0.3) is 0 Å². The number of unbranched alkanes of at least 4 members (excludes halogenated alkanes) is 1. The van der Waals surface area contributed by atoms with Crippen molar-refractivity contribution in [2.45, 2.75) is 33.1 Å². The monoisotopic (exact) mass is 171 g/mol. The van der Waals surface area contributed by atoms with Crippen molar-refractivity contribution < 1.29 is 4.58 Å². The highest BCUT2D eigenvalue weighted by molar-refractivity contribution is 5.47. The minimum Gasteiger partial charge on any atom is -0.271 e. The second-order valence-corrected chi connectivity index (χ2v) is 3.43. The molecule has 0 fully saturated rings.